The van der Waals surface area contributed by atoms with Crippen LogP contribution in [0, 0.1) is 0 Å². The molecule has 82 valence electrons. The second kappa shape index (κ2) is 5.51. The van der Waals surface area contributed by atoms with E-state index in [0.29, 0.717) is 17.9 Å². The summed E-state index contributed by atoms with van der Waals surface area (Å²) in [6.07, 6.45) is 0.449. The molecule has 1 rings (SSSR count). The minimum Gasteiger partial charge on any atom is -0.495 e. The Morgan fingerprint density at radius 2 is 2.07 bits per heavy atom. The topological polar surface area (TPSA) is 38.3 Å². The fraction of sp³-hybridized carbons (Fsp3) is 0.300. The lowest BCUT2D eigenvalue weighted by Crippen LogP contribution is -2.10. The van der Waals surface area contributed by atoms with Crippen molar-refractivity contribution >= 4 is 43.5 Å². The van der Waals surface area contributed by atoms with E-state index in [1.165, 1.54) is 0 Å². The van der Waals surface area contributed by atoms with Gasteiger partial charge in [-0.05, 0) is 37.9 Å². The lowest BCUT2D eigenvalue weighted by molar-refractivity contribution is -0.115. The maximum atomic E-state index is 11.2. The molecule has 0 bridgehead atoms. The fourth-order valence-corrected chi connectivity index (χ4v) is 2.27. The highest BCUT2D eigenvalue weighted by Crippen LogP contribution is 2.34. The van der Waals surface area contributed by atoms with Gasteiger partial charge >= 0.3 is 0 Å². The summed E-state index contributed by atoms with van der Waals surface area (Å²) in [5.41, 5.74) is 0.710. The van der Waals surface area contributed by atoms with Crippen LogP contribution in [-0.2, 0) is 4.79 Å². The van der Waals surface area contributed by atoms with Gasteiger partial charge in [-0.25, -0.2) is 0 Å². The van der Waals surface area contributed by atoms with Gasteiger partial charge in [-0.2, -0.15) is 0 Å². The van der Waals surface area contributed by atoms with E-state index >= 15 is 0 Å². The van der Waals surface area contributed by atoms with Crippen LogP contribution in [0.3, 0.4) is 0 Å². The number of nitrogens with one attached hydrogen (secondary N) is 1. The highest BCUT2D eigenvalue weighted by Gasteiger charge is 2.08. The van der Waals surface area contributed by atoms with Crippen molar-refractivity contribution in [2.75, 3.05) is 12.4 Å². The van der Waals surface area contributed by atoms with Crippen molar-refractivity contribution < 1.29 is 9.53 Å². The van der Waals surface area contributed by atoms with Crippen LogP contribution in [0.1, 0.15) is 13.3 Å². The number of amides is 1. The average molecular weight is 337 g/mol. The molecule has 3 nitrogen and oxygen atoms in total. The first-order valence-electron chi connectivity index (χ1n) is 4.41. The van der Waals surface area contributed by atoms with Gasteiger partial charge in [0.2, 0.25) is 5.91 Å². The number of anilines is 1. The predicted molar refractivity (Wildman–Crippen MR) is 67.3 cm³/mol. The van der Waals surface area contributed by atoms with Crippen LogP contribution in [-0.4, -0.2) is 13.0 Å². The Morgan fingerprint density at radius 3 is 2.60 bits per heavy atom. The van der Waals surface area contributed by atoms with Crippen molar-refractivity contribution in [3.63, 3.8) is 0 Å². The van der Waals surface area contributed by atoms with Crippen molar-refractivity contribution in [3.05, 3.63) is 21.1 Å². The van der Waals surface area contributed by atoms with E-state index in [2.05, 4.69) is 37.2 Å². The molecule has 0 spiro atoms. The molecular formula is C10H11Br2NO2. The molecule has 0 aromatic heterocycles. The van der Waals surface area contributed by atoms with Crippen molar-refractivity contribution in [3.8, 4) is 5.75 Å². The van der Waals surface area contributed by atoms with Crippen molar-refractivity contribution in [2.24, 2.45) is 0 Å². The Bertz CT molecular complexity index is 380. The molecule has 0 unspecified atom stereocenters. The molecule has 0 saturated heterocycles. The second-order valence-electron chi connectivity index (χ2n) is 2.87. The lowest BCUT2D eigenvalue weighted by atomic mass is 10.3. The number of halogens is 2. The molecule has 5 heteroatoms. The molecule has 0 aliphatic carbocycles. The maximum absolute atomic E-state index is 11.2. The summed E-state index contributed by atoms with van der Waals surface area (Å²) in [6, 6.07) is 3.60. The van der Waals surface area contributed by atoms with Gasteiger partial charge in [0, 0.05) is 17.0 Å². The van der Waals surface area contributed by atoms with E-state index in [4.69, 9.17) is 4.74 Å². The predicted octanol–water partition coefficient (Wildman–Crippen LogP) is 3.57. The molecule has 0 aliphatic heterocycles. The van der Waals surface area contributed by atoms with E-state index < -0.39 is 0 Å². The molecule has 1 N–H and O–H groups in total. The van der Waals surface area contributed by atoms with Crippen LogP contribution < -0.4 is 10.1 Å². The Kier molecular flexibility index (Phi) is 4.60. The summed E-state index contributed by atoms with van der Waals surface area (Å²) in [4.78, 5) is 11.2. The van der Waals surface area contributed by atoms with Crippen LogP contribution >= 0.6 is 31.9 Å². The quantitative estimate of drug-likeness (QED) is 0.916. The van der Waals surface area contributed by atoms with E-state index in [9.17, 15) is 4.79 Å². The molecule has 0 aliphatic rings. The third kappa shape index (κ3) is 3.21. The normalized spacial score (nSPS) is 9.87. The molecule has 15 heavy (non-hydrogen) atoms. The zero-order valence-corrected chi connectivity index (χ0v) is 11.6. The van der Waals surface area contributed by atoms with Crippen molar-refractivity contribution in [1.29, 1.82) is 0 Å². The van der Waals surface area contributed by atoms with Crippen LogP contribution in [0.25, 0.3) is 0 Å². The van der Waals surface area contributed by atoms with Gasteiger partial charge in [0.1, 0.15) is 5.75 Å². The SMILES string of the molecule is CCC(=O)Nc1cc(OC)c(Br)cc1Br. The molecule has 0 radical (unpaired) electrons. The zero-order valence-electron chi connectivity index (χ0n) is 8.43. The van der Waals surface area contributed by atoms with Crippen LogP contribution in [0.5, 0.6) is 5.75 Å². The lowest BCUT2D eigenvalue weighted by Gasteiger charge is -2.10. The standard InChI is InChI=1S/C10H11Br2NO2/c1-3-10(14)13-8-5-9(15-2)7(12)4-6(8)11/h4-5H,3H2,1-2H3,(H,13,14). The van der Waals surface area contributed by atoms with Gasteiger partial charge in [0.05, 0.1) is 17.3 Å². The third-order valence-electron chi connectivity index (χ3n) is 1.84. The summed E-state index contributed by atoms with van der Waals surface area (Å²) in [5, 5.41) is 2.78. The van der Waals surface area contributed by atoms with Gasteiger partial charge in [0.15, 0.2) is 0 Å². The molecule has 0 fully saturated rings. The fourth-order valence-electron chi connectivity index (χ4n) is 1.02. The first kappa shape index (κ1) is 12.5. The van der Waals surface area contributed by atoms with E-state index in [1.807, 2.05) is 6.07 Å². The summed E-state index contributed by atoms with van der Waals surface area (Å²) in [5.74, 6) is 0.657. The van der Waals surface area contributed by atoms with Crippen LogP contribution in [0.15, 0.2) is 21.1 Å². The molecule has 0 saturated carbocycles. The largest absolute Gasteiger partial charge is 0.495 e. The van der Waals surface area contributed by atoms with E-state index in [1.54, 1.807) is 20.1 Å². The highest BCUT2D eigenvalue weighted by atomic mass is 79.9. The van der Waals surface area contributed by atoms with Gasteiger partial charge in [-0.1, -0.05) is 6.92 Å². The van der Waals surface area contributed by atoms with E-state index in [-0.39, 0.29) is 5.91 Å². The van der Waals surface area contributed by atoms with Gasteiger partial charge < -0.3 is 10.1 Å². The minimum absolute atomic E-state index is 0.0277. The van der Waals surface area contributed by atoms with E-state index in [0.717, 1.165) is 8.95 Å². The minimum atomic E-state index is -0.0277. The molecular weight excluding hydrogens is 326 g/mol. The molecule has 0 atom stereocenters. The van der Waals surface area contributed by atoms with Crippen molar-refractivity contribution in [2.45, 2.75) is 13.3 Å². The highest BCUT2D eigenvalue weighted by molar-refractivity contribution is 9.11. The summed E-state index contributed by atoms with van der Waals surface area (Å²) in [6.45, 7) is 1.80. The van der Waals surface area contributed by atoms with Gasteiger partial charge in [-0.15, -0.1) is 0 Å². The second-order valence-corrected chi connectivity index (χ2v) is 4.58. The Morgan fingerprint density at radius 1 is 1.40 bits per heavy atom. The van der Waals surface area contributed by atoms with Crippen LogP contribution in [0.2, 0.25) is 0 Å². The summed E-state index contributed by atoms with van der Waals surface area (Å²) < 4.78 is 6.79. The number of hydrogen-bond acceptors (Lipinski definition) is 2. The summed E-state index contributed by atoms with van der Waals surface area (Å²) >= 11 is 6.72. The van der Waals surface area contributed by atoms with Gasteiger partial charge in [0.25, 0.3) is 0 Å². The number of methoxy groups -OCH3 is 1. The van der Waals surface area contributed by atoms with Crippen molar-refractivity contribution in [1.82, 2.24) is 0 Å². The number of benzene rings is 1. The number of ether oxygens (including phenoxy) is 1. The van der Waals surface area contributed by atoms with Gasteiger partial charge in [-0.3, -0.25) is 4.79 Å². The number of rotatable bonds is 3. The van der Waals surface area contributed by atoms with Crippen LogP contribution in [0.4, 0.5) is 5.69 Å². The molecule has 1 aromatic rings. The monoisotopic (exact) mass is 335 g/mol. The first-order chi connectivity index (χ1) is 7.08. The maximum Gasteiger partial charge on any atom is 0.224 e. The first-order valence-corrected chi connectivity index (χ1v) is 6.00. The Hall–Kier alpha value is -0.550. The number of carbonyl (C=O) groups is 1. The number of hydrogen-bond donors (Lipinski definition) is 1. The smallest absolute Gasteiger partial charge is 0.224 e. The number of carbonyl (C=O) groups excluding carboxylic acids is 1. The Labute approximate surface area is 105 Å². The third-order valence-corrected chi connectivity index (χ3v) is 3.11. The summed E-state index contributed by atoms with van der Waals surface area (Å²) in [7, 11) is 1.58. The zero-order chi connectivity index (χ0) is 11.4. The average Bonchev–Trinajstić information content (AvgIpc) is 2.21. The Balaban J connectivity index is 3.02. The molecule has 0 heterocycles. The molecule has 1 amide bonds. The molecule has 1 aromatic carbocycles.